The van der Waals surface area contributed by atoms with E-state index in [0.717, 1.165) is 22.2 Å². The zero-order chi connectivity index (χ0) is 10.1. The number of nitrogens with zero attached hydrogens (tertiary/aromatic N) is 2. The molecule has 1 aliphatic rings. The van der Waals surface area contributed by atoms with Gasteiger partial charge in [-0.15, -0.1) is 0 Å². The molecular weight excluding hydrogens is 186 g/mol. The third-order valence-corrected chi connectivity index (χ3v) is 2.42. The molecule has 0 aliphatic carbocycles. The van der Waals surface area contributed by atoms with Gasteiger partial charge in [0.25, 0.3) is 0 Å². The summed E-state index contributed by atoms with van der Waals surface area (Å²) < 4.78 is 0. The van der Waals surface area contributed by atoms with E-state index in [4.69, 9.17) is 0 Å². The molecule has 72 valence electrons. The Morgan fingerprint density at radius 3 is 3.13 bits per heavy atom. The van der Waals surface area contributed by atoms with Crippen LogP contribution < -0.4 is 5.43 Å². The average molecular weight is 195 g/mol. The van der Waals surface area contributed by atoms with E-state index in [1.165, 1.54) is 0 Å². The first kappa shape index (κ1) is 8.17. The fraction of sp³-hybridized carbons (Fsp3) is 0. The fourth-order valence-electron chi connectivity index (χ4n) is 1.72. The number of aromatic nitrogens is 1. The Bertz CT molecular complexity index is 570. The van der Waals surface area contributed by atoms with Gasteiger partial charge in [0, 0.05) is 23.4 Å². The zero-order valence-corrected chi connectivity index (χ0v) is 8.01. The number of hydrazone groups is 1. The first-order valence-electron chi connectivity index (χ1n) is 4.78. The van der Waals surface area contributed by atoms with E-state index in [1.807, 2.05) is 36.5 Å². The summed E-state index contributed by atoms with van der Waals surface area (Å²) in [4.78, 5) is 4.39. The SMILES string of the molecule is C1=Cc2c(ccc3cccnc23)NN=C1. The van der Waals surface area contributed by atoms with Crippen molar-refractivity contribution in [3.8, 4) is 0 Å². The molecule has 0 saturated heterocycles. The number of fused-ring (bicyclic) bond motifs is 3. The Morgan fingerprint density at radius 1 is 1.13 bits per heavy atom. The molecule has 1 aliphatic heterocycles. The number of pyridine rings is 1. The summed E-state index contributed by atoms with van der Waals surface area (Å²) in [6, 6.07) is 8.07. The summed E-state index contributed by atoms with van der Waals surface area (Å²) in [6.45, 7) is 0. The molecule has 0 spiro atoms. The third-order valence-electron chi connectivity index (χ3n) is 2.42. The van der Waals surface area contributed by atoms with E-state index in [-0.39, 0.29) is 0 Å². The van der Waals surface area contributed by atoms with Crippen molar-refractivity contribution in [2.45, 2.75) is 0 Å². The summed E-state index contributed by atoms with van der Waals surface area (Å²) in [7, 11) is 0. The number of hydrogen-bond donors (Lipinski definition) is 1. The minimum Gasteiger partial charge on any atom is -0.278 e. The largest absolute Gasteiger partial charge is 0.278 e. The average Bonchev–Trinajstić information content (AvgIpc) is 2.54. The van der Waals surface area contributed by atoms with Gasteiger partial charge in [-0.25, -0.2) is 0 Å². The Kier molecular flexibility index (Phi) is 1.75. The van der Waals surface area contributed by atoms with Crippen LogP contribution in [0.3, 0.4) is 0 Å². The standard InChI is InChI=1S/C12H9N3/c1-3-9-5-6-11-10(12(9)13-7-1)4-2-8-14-15-11/h1-8,15H. The Labute approximate surface area is 87.1 Å². The highest BCUT2D eigenvalue weighted by Gasteiger charge is 2.06. The van der Waals surface area contributed by atoms with Crippen molar-refractivity contribution in [3.63, 3.8) is 0 Å². The first-order chi connectivity index (χ1) is 7.45. The molecule has 2 heterocycles. The van der Waals surface area contributed by atoms with Crippen LogP contribution >= 0.6 is 0 Å². The van der Waals surface area contributed by atoms with Crippen molar-refractivity contribution in [1.29, 1.82) is 0 Å². The van der Waals surface area contributed by atoms with Gasteiger partial charge in [0.2, 0.25) is 0 Å². The molecule has 0 atom stereocenters. The first-order valence-corrected chi connectivity index (χ1v) is 4.78. The van der Waals surface area contributed by atoms with Gasteiger partial charge in [-0.1, -0.05) is 12.1 Å². The molecule has 3 heteroatoms. The van der Waals surface area contributed by atoms with Crippen molar-refractivity contribution in [3.05, 3.63) is 42.1 Å². The van der Waals surface area contributed by atoms with Crippen LogP contribution in [-0.4, -0.2) is 11.2 Å². The van der Waals surface area contributed by atoms with Crippen LogP contribution in [0, 0.1) is 0 Å². The Morgan fingerprint density at radius 2 is 2.13 bits per heavy atom. The molecular formula is C12H9N3. The van der Waals surface area contributed by atoms with Crippen LogP contribution in [0.2, 0.25) is 0 Å². The lowest BCUT2D eigenvalue weighted by Crippen LogP contribution is -1.91. The minimum absolute atomic E-state index is 0.992. The van der Waals surface area contributed by atoms with Crippen molar-refractivity contribution >= 4 is 28.9 Å². The van der Waals surface area contributed by atoms with Gasteiger partial charge < -0.3 is 0 Å². The highest BCUT2D eigenvalue weighted by Crippen LogP contribution is 2.26. The molecule has 1 aromatic carbocycles. The Balaban J connectivity index is 2.38. The van der Waals surface area contributed by atoms with E-state index >= 15 is 0 Å². The van der Waals surface area contributed by atoms with E-state index in [2.05, 4.69) is 21.6 Å². The number of hydrogen-bond acceptors (Lipinski definition) is 3. The number of benzene rings is 1. The summed E-state index contributed by atoms with van der Waals surface area (Å²) in [5.74, 6) is 0. The maximum absolute atomic E-state index is 4.39. The molecule has 0 radical (unpaired) electrons. The minimum atomic E-state index is 0.992. The van der Waals surface area contributed by atoms with E-state index in [0.29, 0.717) is 0 Å². The number of nitrogens with one attached hydrogen (secondary N) is 1. The van der Waals surface area contributed by atoms with Gasteiger partial charge in [-0.2, -0.15) is 5.10 Å². The van der Waals surface area contributed by atoms with Gasteiger partial charge in [0.05, 0.1) is 11.2 Å². The molecule has 0 unspecified atom stereocenters. The van der Waals surface area contributed by atoms with Crippen LogP contribution in [-0.2, 0) is 0 Å². The van der Waals surface area contributed by atoms with Crippen LogP contribution in [0.5, 0.6) is 0 Å². The monoisotopic (exact) mass is 195 g/mol. The molecule has 15 heavy (non-hydrogen) atoms. The lowest BCUT2D eigenvalue weighted by atomic mass is 10.1. The van der Waals surface area contributed by atoms with E-state index in [9.17, 15) is 0 Å². The molecule has 0 fully saturated rings. The second-order valence-electron chi connectivity index (χ2n) is 3.35. The van der Waals surface area contributed by atoms with Gasteiger partial charge in [0.15, 0.2) is 0 Å². The van der Waals surface area contributed by atoms with Crippen LogP contribution in [0.15, 0.2) is 41.6 Å². The van der Waals surface area contributed by atoms with Crippen molar-refractivity contribution in [2.75, 3.05) is 5.43 Å². The molecule has 0 amide bonds. The van der Waals surface area contributed by atoms with Crippen molar-refractivity contribution < 1.29 is 0 Å². The number of anilines is 1. The van der Waals surface area contributed by atoms with Crippen LogP contribution in [0.1, 0.15) is 5.56 Å². The van der Waals surface area contributed by atoms with Gasteiger partial charge >= 0.3 is 0 Å². The van der Waals surface area contributed by atoms with Gasteiger partial charge in [-0.05, 0) is 24.3 Å². The highest BCUT2D eigenvalue weighted by molar-refractivity contribution is 5.96. The summed E-state index contributed by atoms with van der Waals surface area (Å²) >= 11 is 0. The summed E-state index contributed by atoms with van der Waals surface area (Å²) in [5, 5.41) is 5.17. The summed E-state index contributed by atoms with van der Waals surface area (Å²) in [6.07, 6.45) is 7.47. The molecule has 1 N–H and O–H groups in total. The number of allylic oxidation sites excluding steroid dienone is 1. The lowest BCUT2D eigenvalue weighted by molar-refractivity contribution is 1.34. The second-order valence-corrected chi connectivity index (χ2v) is 3.35. The van der Waals surface area contributed by atoms with Crippen molar-refractivity contribution in [1.82, 2.24) is 4.98 Å². The predicted octanol–water partition coefficient (Wildman–Crippen LogP) is 2.66. The fourth-order valence-corrected chi connectivity index (χ4v) is 1.72. The summed E-state index contributed by atoms with van der Waals surface area (Å²) in [5.41, 5.74) is 6.07. The van der Waals surface area contributed by atoms with Gasteiger partial charge in [-0.3, -0.25) is 10.4 Å². The van der Waals surface area contributed by atoms with E-state index in [1.54, 1.807) is 6.21 Å². The van der Waals surface area contributed by atoms with E-state index < -0.39 is 0 Å². The number of rotatable bonds is 0. The molecule has 0 bridgehead atoms. The third kappa shape index (κ3) is 1.29. The molecule has 1 aromatic heterocycles. The maximum atomic E-state index is 4.39. The normalized spacial score (nSPS) is 13.3. The Hall–Kier alpha value is -2.16. The highest BCUT2D eigenvalue weighted by atomic mass is 15.3. The predicted molar refractivity (Wildman–Crippen MR) is 62.9 cm³/mol. The maximum Gasteiger partial charge on any atom is 0.0795 e. The van der Waals surface area contributed by atoms with Gasteiger partial charge in [0.1, 0.15) is 0 Å². The topological polar surface area (TPSA) is 37.3 Å². The zero-order valence-electron chi connectivity index (χ0n) is 8.01. The molecule has 3 rings (SSSR count). The quantitative estimate of drug-likeness (QED) is 0.701. The van der Waals surface area contributed by atoms with Crippen molar-refractivity contribution in [2.24, 2.45) is 5.10 Å². The molecule has 0 saturated carbocycles. The van der Waals surface area contributed by atoms with Crippen LogP contribution in [0.4, 0.5) is 5.69 Å². The molecule has 2 aromatic rings. The lowest BCUT2D eigenvalue weighted by Gasteiger charge is -2.06. The van der Waals surface area contributed by atoms with Crippen LogP contribution in [0.25, 0.3) is 17.0 Å². The second kappa shape index (κ2) is 3.20. The molecule has 3 nitrogen and oxygen atoms in total. The smallest absolute Gasteiger partial charge is 0.0795 e.